The number of alkyl halides is 3. The van der Waals surface area contributed by atoms with E-state index in [1.54, 1.807) is 7.11 Å². The van der Waals surface area contributed by atoms with Gasteiger partial charge in [-0.05, 0) is 12.1 Å². The van der Waals surface area contributed by atoms with E-state index in [2.05, 4.69) is 15.6 Å². The minimum atomic E-state index is -4.45. The van der Waals surface area contributed by atoms with E-state index < -0.39 is 17.6 Å². The highest BCUT2D eigenvalue weighted by atomic mass is 35.5. The van der Waals surface area contributed by atoms with Crippen LogP contribution in [0.1, 0.15) is 16.1 Å². The van der Waals surface area contributed by atoms with Gasteiger partial charge in [0.1, 0.15) is 5.69 Å². The summed E-state index contributed by atoms with van der Waals surface area (Å²) in [6.07, 6.45) is -3.81. The number of carbonyl (C=O) groups is 1. The van der Waals surface area contributed by atoms with Crippen molar-refractivity contribution in [1.29, 1.82) is 0 Å². The monoisotopic (exact) mass is 363 g/mol. The van der Waals surface area contributed by atoms with Crippen molar-refractivity contribution in [3.8, 4) is 0 Å². The van der Waals surface area contributed by atoms with Gasteiger partial charge in [0.2, 0.25) is 0 Å². The van der Waals surface area contributed by atoms with Gasteiger partial charge in [-0.2, -0.15) is 13.2 Å². The third kappa shape index (κ3) is 8.38. The minimum absolute atomic E-state index is 0. The predicted octanol–water partition coefficient (Wildman–Crippen LogP) is 1.91. The smallest absolute Gasteiger partial charge is 0.383 e. The van der Waals surface area contributed by atoms with Crippen molar-refractivity contribution in [3.63, 3.8) is 0 Å². The van der Waals surface area contributed by atoms with Crippen molar-refractivity contribution in [2.24, 2.45) is 0 Å². The van der Waals surface area contributed by atoms with Crippen LogP contribution >= 0.6 is 24.8 Å². The van der Waals surface area contributed by atoms with Crippen LogP contribution in [0.3, 0.4) is 0 Å². The highest BCUT2D eigenvalue weighted by Gasteiger charge is 2.30. The van der Waals surface area contributed by atoms with Gasteiger partial charge >= 0.3 is 6.18 Å². The van der Waals surface area contributed by atoms with E-state index in [1.807, 2.05) is 0 Å². The molecule has 5 nitrogen and oxygen atoms in total. The number of pyridine rings is 1. The lowest BCUT2D eigenvalue weighted by Gasteiger charge is -2.08. The lowest BCUT2D eigenvalue weighted by Crippen LogP contribution is -2.33. The van der Waals surface area contributed by atoms with Crippen molar-refractivity contribution in [1.82, 2.24) is 15.6 Å². The standard InChI is InChI=1S/C12H16F3N3O2.2ClH/c1-20-7-6-16-4-5-17-11(19)10-3-2-9(8-18-10)12(13,14)15;;/h2-3,8,16H,4-7H2,1H3,(H,17,19);2*1H. The molecule has 1 rings (SSSR count). The number of hydrogen-bond acceptors (Lipinski definition) is 4. The average molecular weight is 364 g/mol. The van der Waals surface area contributed by atoms with Crippen LogP contribution in [0.2, 0.25) is 0 Å². The van der Waals surface area contributed by atoms with Crippen LogP contribution in [-0.2, 0) is 10.9 Å². The zero-order valence-electron chi connectivity index (χ0n) is 11.8. The van der Waals surface area contributed by atoms with Crippen LogP contribution in [0.25, 0.3) is 0 Å². The highest BCUT2D eigenvalue weighted by molar-refractivity contribution is 5.92. The molecule has 1 heterocycles. The van der Waals surface area contributed by atoms with E-state index in [0.717, 1.165) is 12.1 Å². The molecule has 0 atom stereocenters. The molecule has 0 aliphatic carbocycles. The molecule has 0 spiro atoms. The van der Waals surface area contributed by atoms with Gasteiger partial charge in [-0.15, -0.1) is 24.8 Å². The quantitative estimate of drug-likeness (QED) is 0.726. The van der Waals surface area contributed by atoms with Gasteiger partial charge in [0.15, 0.2) is 0 Å². The van der Waals surface area contributed by atoms with Gasteiger partial charge < -0.3 is 15.4 Å². The molecule has 0 aliphatic heterocycles. The second kappa shape index (κ2) is 11.5. The number of carbonyl (C=O) groups excluding carboxylic acids is 1. The van der Waals surface area contributed by atoms with Crippen LogP contribution in [0, 0.1) is 0 Å². The lowest BCUT2D eigenvalue weighted by atomic mass is 10.2. The van der Waals surface area contributed by atoms with Crippen molar-refractivity contribution in [2.45, 2.75) is 6.18 Å². The van der Waals surface area contributed by atoms with E-state index in [1.165, 1.54) is 0 Å². The number of amides is 1. The Morgan fingerprint density at radius 3 is 2.41 bits per heavy atom. The summed E-state index contributed by atoms with van der Waals surface area (Å²) >= 11 is 0. The summed E-state index contributed by atoms with van der Waals surface area (Å²) in [7, 11) is 1.58. The average Bonchev–Trinajstić information content (AvgIpc) is 2.41. The van der Waals surface area contributed by atoms with Gasteiger partial charge in [0.05, 0.1) is 12.2 Å². The zero-order valence-corrected chi connectivity index (χ0v) is 13.4. The molecule has 10 heteroatoms. The molecule has 22 heavy (non-hydrogen) atoms. The molecule has 128 valence electrons. The fraction of sp³-hybridized carbons (Fsp3) is 0.500. The Kier molecular flexibility index (Phi) is 12.1. The molecule has 2 N–H and O–H groups in total. The predicted molar refractivity (Wildman–Crippen MR) is 80.8 cm³/mol. The molecule has 0 saturated carbocycles. The zero-order chi connectivity index (χ0) is 15.0. The van der Waals surface area contributed by atoms with Crippen LogP contribution < -0.4 is 10.6 Å². The number of halogens is 5. The molecule has 1 aromatic rings. The van der Waals surface area contributed by atoms with E-state index in [9.17, 15) is 18.0 Å². The minimum Gasteiger partial charge on any atom is -0.383 e. The third-order valence-corrected chi connectivity index (χ3v) is 2.39. The Hall–Kier alpha value is -1.09. The summed E-state index contributed by atoms with van der Waals surface area (Å²) in [5.41, 5.74) is -0.926. The topological polar surface area (TPSA) is 63.2 Å². The van der Waals surface area contributed by atoms with Crippen LogP contribution in [0.15, 0.2) is 18.3 Å². The number of methoxy groups -OCH3 is 1. The van der Waals surface area contributed by atoms with Crippen molar-refractivity contribution in [3.05, 3.63) is 29.6 Å². The summed E-state index contributed by atoms with van der Waals surface area (Å²) in [6.45, 7) is 2.11. The molecule has 1 amide bonds. The Bertz CT molecular complexity index is 431. The Morgan fingerprint density at radius 2 is 1.91 bits per heavy atom. The van der Waals surface area contributed by atoms with Gasteiger partial charge in [-0.1, -0.05) is 0 Å². The molecule has 0 saturated heterocycles. The van der Waals surface area contributed by atoms with E-state index in [-0.39, 0.29) is 30.5 Å². The number of aromatic nitrogens is 1. The van der Waals surface area contributed by atoms with Crippen molar-refractivity contribution in [2.75, 3.05) is 33.4 Å². The number of nitrogens with zero attached hydrogens (tertiary/aromatic N) is 1. The first-order valence-corrected chi connectivity index (χ1v) is 5.96. The van der Waals surface area contributed by atoms with Crippen molar-refractivity contribution < 1.29 is 22.7 Å². The first kappa shape index (κ1) is 23.2. The summed E-state index contributed by atoms with van der Waals surface area (Å²) in [6, 6.07) is 1.88. The van der Waals surface area contributed by atoms with Gasteiger partial charge in [0.25, 0.3) is 5.91 Å². The van der Waals surface area contributed by atoms with Crippen LogP contribution in [-0.4, -0.2) is 44.2 Å². The summed E-state index contributed by atoms with van der Waals surface area (Å²) in [5, 5.41) is 5.56. The molecule has 1 aromatic heterocycles. The maximum absolute atomic E-state index is 12.3. The normalized spacial score (nSPS) is 10.4. The fourth-order valence-corrected chi connectivity index (χ4v) is 1.35. The first-order chi connectivity index (χ1) is 9.45. The van der Waals surface area contributed by atoms with E-state index >= 15 is 0 Å². The van der Waals surface area contributed by atoms with Gasteiger partial charge in [-0.3, -0.25) is 9.78 Å². The maximum atomic E-state index is 12.3. The molecule has 0 aromatic carbocycles. The largest absolute Gasteiger partial charge is 0.417 e. The maximum Gasteiger partial charge on any atom is 0.417 e. The second-order valence-electron chi connectivity index (χ2n) is 3.93. The Balaban J connectivity index is 0. The van der Waals surface area contributed by atoms with Crippen LogP contribution in [0.5, 0.6) is 0 Å². The molecule has 0 bridgehead atoms. The lowest BCUT2D eigenvalue weighted by molar-refractivity contribution is -0.137. The van der Waals surface area contributed by atoms with E-state index in [0.29, 0.717) is 32.4 Å². The van der Waals surface area contributed by atoms with Crippen molar-refractivity contribution >= 4 is 30.7 Å². The number of nitrogens with one attached hydrogen (secondary N) is 2. The Morgan fingerprint density at radius 1 is 1.23 bits per heavy atom. The molecular formula is C12H18Cl2F3N3O2. The third-order valence-electron chi connectivity index (χ3n) is 2.39. The number of rotatable bonds is 7. The summed E-state index contributed by atoms with van der Waals surface area (Å²) < 4.78 is 41.8. The van der Waals surface area contributed by atoms with Gasteiger partial charge in [-0.25, -0.2) is 0 Å². The molecule has 0 fully saturated rings. The molecule has 0 aliphatic rings. The number of hydrogen-bond donors (Lipinski definition) is 2. The molecule has 0 radical (unpaired) electrons. The molecule has 0 unspecified atom stereocenters. The number of ether oxygens (including phenoxy) is 1. The van der Waals surface area contributed by atoms with Crippen LogP contribution in [0.4, 0.5) is 13.2 Å². The fourth-order valence-electron chi connectivity index (χ4n) is 1.35. The molecular weight excluding hydrogens is 346 g/mol. The Labute approximate surface area is 138 Å². The summed E-state index contributed by atoms with van der Waals surface area (Å²) in [4.78, 5) is 15.1. The summed E-state index contributed by atoms with van der Waals surface area (Å²) in [5.74, 6) is -0.507. The second-order valence-corrected chi connectivity index (χ2v) is 3.93. The highest BCUT2D eigenvalue weighted by Crippen LogP contribution is 2.28. The van der Waals surface area contributed by atoms with Gasteiger partial charge in [0, 0.05) is 32.9 Å². The van der Waals surface area contributed by atoms with E-state index in [4.69, 9.17) is 4.74 Å². The SMILES string of the molecule is COCCNCCNC(=O)c1ccc(C(F)(F)F)cn1.Cl.Cl. The first-order valence-electron chi connectivity index (χ1n) is 5.96.